The van der Waals surface area contributed by atoms with Gasteiger partial charge in [0.15, 0.2) is 0 Å². The molecule has 0 atom stereocenters. The zero-order chi connectivity index (χ0) is 14.4. The molecule has 0 aliphatic heterocycles. The molecule has 0 saturated heterocycles. The Morgan fingerprint density at radius 3 is 2.55 bits per heavy atom. The van der Waals surface area contributed by atoms with Gasteiger partial charge in [0.2, 0.25) is 0 Å². The largest absolute Gasteiger partial charge is 0.508 e. The van der Waals surface area contributed by atoms with E-state index in [9.17, 15) is 10.2 Å². The average molecular weight is 287 g/mol. The van der Waals surface area contributed by atoms with Gasteiger partial charge in [-0.2, -0.15) is 0 Å². The highest BCUT2D eigenvalue weighted by molar-refractivity contribution is 7.99. The van der Waals surface area contributed by atoms with Crippen molar-refractivity contribution in [2.45, 2.75) is 11.8 Å². The van der Waals surface area contributed by atoms with Gasteiger partial charge in [-0.25, -0.2) is 0 Å². The number of nitrogens with zero attached hydrogens (tertiary/aromatic N) is 1. The topological polar surface area (TPSA) is 52.8 Å². The van der Waals surface area contributed by atoms with Crippen molar-refractivity contribution >= 4 is 17.5 Å². The lowest BCUT2D eigenvalue weighted by molar-refractivity contribution is 0.450. The van der Waals surface area contributed by atoms with Crippen LogP contribution in [0.1, 0.15) is 12.5 Å². The first-order chi connectivity index (χ1) is 9.66. The van der Waals surface area contributed by atoms with Crippen LogP contribution >= 0.6 is 11.8 Å². The summed E-state index contributed by atoms with van der Waals surface area (Å²) in [6.07, 6.45) is 0. The summed E-state index contributed by atoms with van der Waals surface area (Å²) in [7, 11) is 0. The minimum atomic E-state index is 0.0543. The Kier molecular flexibility index (Phi) is 5.07. The molecule has 4 heteroatoms. The van der Waals surface area contributed by atoms with E-state index >= 15 is 0 Å². The van der Waals surface area contributed by atoms with Crippen LogP contribution in [-0.4, -0.2) is 28.2 Å². The molecular weight excluding hydrogens is 270 g/mol. The molecule has 0 heterocycles. The van der Waals surface area contributed by atoms with Gasteiger partial charge in [-0.1, -0.05) is 18.2 Å². The molecule has 2 aromatic carbocycles. The molecule has 0 fully saturated rings. The van der Waals surface area contributed by atoms with Gasteiger partial charge in [-0.3, -0.25) is 4.99 Å². The van der Waals surface area contributed by atoms with Crippen LogP contribution in [0.25, 0.3) is 0 Å². The van der Waals surface area contributed by atoms with E-state index in [-0.39, 0.29) is 11.5 Å². The average Bonchev–Trinajstić information content (AvgIpc) is 2.44. The Morgan fingerprint density at radius 2 is 1.85 bits per heavy atom. The van der Waals surface area contributed by atoms with Crippen molar-refractivity contribution in [2.24, 2.45) is 4.99 Å². The van der Waals surface area contributed by atoms with E-state index in [0.29, 0.717) is 12.1 Å². The van der Waals surface area contributed by atoms with E-state index in [0.717, 1.165) is 11.5 Å². The molecule has 0 saturated carbocycles. The minimum absolute atomic E-state index is 0.0543. The second-order valence-electron chi connectivity index (χ2n) is 4.33. The second-order valence-corrected chi connectivity index (χ2v) is 5.50. The number of aliphatic imine (C=N–C) groups is 1. The van der Waals surface area contributed by atoms with Crippen molar-refractivity contribution in [3.63, 3.8) is 0 Å². The molecule has 0 aliphatic rings. The highest BCUT2D eigenvalue weighted by Crippen LogP contribution is 2.23. The number of thioether (sulfide) groups is 1. The lowest BCUT2D eigenvalue weighted by Gasteiger charge is -2.05. The van der Waals surface area contributed by atoms with Crippen LogP contribution in [0.4, 0.5) is 0 Å². The Morgan fingerprint density at radius 1 is 1.10 bits per heavy atom. The van der Waals surface area contributed by atoms with Gasteiger partial charge in [0.1, 0.15) is 11.5 Å². The summed E-state index contributed by atoms with van der Waals surface area (Å²) < 4.78 is 0. The maximum absolute atomic E-state index is 9.75. The van der Waals surface area contributed by atoms with E-state index in [2.05, 4.69) is 17.1 Å². The van der Waals surface area contributed by atoms with Crippen molar-refractivity contribution in [2.75, 3.05) is 12.3 Å². The molecule has 3 nitrogen and oxygen atoms in total. The molecule has 0 amide bonds. The molecule has 0 radical (unpaired) electrons. The second kappa shape index (κ2) is 7.01. The van der Waals surface area contributed by atoms with Gasteiger partial charge in [0, 0.05) is 34.5 Å². The minimum Gasteiger partial charge on any atom is -0.508 e. The van der Waals surface area contributed by atoms with E-state index in [1.54, 1.807) is 23.9 Å². The van der Waals surface area contributed by atoms with Crippen molar-refractivity contribution in [3.05, 3.63) is 54.1 Å². The predicted molar refractivity (Wildman–Crippen MR) is 84.0 cm³/mol. The molecule has 0 aromatic heterocycles. The highest BCUT2D eigenvalue weighted by atomic mass is 32.2. The summed E-state index contributed by atoms with van der Waals surface area (Å²) in [6.45, 7) is 2.55. The maximum atomic E-state index is 9.75. The molecule has 2 N–H and O–H groups in total. The number of phenolic OH excluding ortho intramolecular Hbond substituents is 2. The monoisotopic (exact) mass is 287 g/mol. The quantitative estimate of drug-likeness (QED) is 0.501. The molecule has 20 heavy (non-hydrogen) atoms. The first-order valence-electron chi connectivity index (χ1n) is 6.38. The van der Waals surface area contributed by atoms with Gasteiger partial charge in [0.05, 0.1) is 0 Å². The van der Waals surface area contributed by atoms with Gasteiger partial charge >= 0.3 is 0 Å². The SMILES string of the molecule is CC(=NCCSc1ccccc1)c1ccc(O)cc1O. The Bertz CT molecular complexity index is 597. The summed E-state index contributed by atoms with van der Waals surface area (Å²) in [5, 5.41) is 19.0. The summed E-state index contributed by atoms with van der Waals surface area (Å²) in [5.74, 6) is 1.00. The third kappa shape index (κ3) is 4.03. The van der Waals surface area contributed by atoms with Crippen LogP contribution in [-0.2, 0) is 0 Å². The lowest BCUT2D eigenvalue weighted by atomic mass is 10.1. The fourth-order valence-corrected chi connectivity index (χ4v) is 2.57. The number of benzene rings is 2. The molecule has 0 unspecified atom stereocenters. The Hall–Kier alpha value is -1.94. The smallest absolute Gasteiger partial charge is 0.128 e. The van der Waals surface area contributed by atoms with Gasteiger partial charge < -0.3 is 10.2 Å². The van der Waals surface area contributed by atoms with Crippen LogP contribution < -0.4 is 0 Å². The van der Waals surface area contributed by atoms with Gasteiger partial charge in [0.25, 0.3) is 0 Å². The van der Waals surface area contributed by atoms with Crippen molar-refractivity contribution in [1.29, 1.82) is 0 Å². The van der Waals surface area contributed by atoms with Crippen LogP contribution in [0.5, 0.6) is 11.5 Å². The number of hydrogen-bond acceptors (Lipinski definition) is 4. The Labute approximate surface area is 123 Å². The van der Waals surface area contributed by atoms with E-state index in [1.165, 1.54) is 11.0 Å². The predicted octanol–water partition coefficient (Wildman–Crippen LogP) is 3.70. The maximum Gasteiger partial charge on any atom is 0.128 e. The Balaban J connectivity index is 1.91. The number of hydrogen-bond donors (Lipinski definition) is 2. The lowest BCUT2D eigenvalue weighted by Crippen LogP contribution is -1.98. The van der Waals surface area contributed by atoms with E-state index < -0.39 is 0 Å². The zero-order valence-electron chi connectivity index (χ0n) is 11.3. The molecule has 2 rings (SSSR count). The van der Waals surface area contributed by atoms with Crippen molar-refractivity contribution < 1.29 is 10.2 Å². The van der Waals surface area contributed by atoms with Crippen LogP contribution in [0.3, 0.4) is 0 Å². The summed E-state index contributed by atoms with van der Waals surface area (Å²) in [6, 6.07) is 14.7. The molecule has 0 spiro atoms. The molecule has 0 bridgehead atoms. The third-order valence-electron chi connectivity index (χ3n) is 2.82. The van der Waals surface area contributed by atoms with Crippen LogP contribution in [0.15, 0.2) is 58.4 Å². The number of aromatic hydroxyl groups is 2. The molecule has 104 valence electrons. The molecular formula is C16H17NO2S. The van der Waals surface area contributed by atoms with Crippen LogP contribution in [0, 0.1) is 0 Å². The van der Waals surface area contributed by atoms with Crippen LogP contribution in [0.2, 0.25) is 0 Å². The highest BCUT2D eigenvalue weighted by Gasteiger charge is 2.05. The summed E-state index contributed by atoms with van der Waals surface area (Å²) in [5.41, 5.74) is 1.43. The number of rotatable bonds is 5. The third-order valence-corrected chi connectivity index (χ3v) is 3.82. The van der Waals surface area contributed by atoms with Gasteiger partial charge in [-0.05, 0) is 31.2 Å². The normalized spacial score (nSPS) is 11.6. The fraction of sp³-hybridized carbons (Fsp3) is 0.188. The van der Waals surface area contributed by atoms with Crippen molar-refractivity contribution in [3.8, 4) is 11.5 Å². The molecule has 0 aliphatic carbocycles. The van der Waals surface area contributed by atoms with Crippen molar-refractivity contribution in [1.82, 2.24) is 0 Å². The number of phenols is 2. The van der Waals surface area contributed by atoms with Gasteiger partial charge in [-0.15, -0.1) is 11.8 Å². The fourth-order valence-electron chi connectivity index (χ4n) is 1.80. The summed E-state index contributed by atoms with van der Waals surface area (Å²) in [4.78, 5) is 5.68. The van der Waals surface area contributed by atoms with E-state index in [1.807, 2.05) is 25.1 Å². The molecule has 2 aromatic rings. The standard InChI is InChI=1S/C16H17NO2S/c1-12(15-8-7-13(18)11-16(15)19)17-9-10-20-14-5-3-2-4-6-14/h2-8,11,18-19H,9-10H2,1H3. The first kappa shape index (κ1) is 14.5. The first-order valence-corrected chi connectivity index (χ1v) is 7.36. The zero-order valence-corrected chi connectivity index (χ0v) is 12.1. The van der Waals surface area contributed by atoms with E-state index in [4.69, 9.17) is 0 Å². The summed E-state index contributed by atoms with van der Waals surface area (Å²) >= 11 is 1.75.